The van der Waals surface area contributed by atoms with E-state index in [0.29, 0.717) is 22.1 Å². The molecule has 1 heterocycles. The first-order valence-corrected chi connectivity index (χ1v) is 5.53. The van der Waals surface area contributed by atoms with Crippen LogP contribution < -0.4 is 11.1 Å². The van der Waals surface area contributed by atoms with Crippen molar-refractivity contribution in [3.05, 3.63) is 52.7 Å². The van der Waals surface area contributed by atoms with E-state index in [0.717, 1.165) is 6.07 Å². The van der Waals surface area contributed by atoms with E-state index < -0.39 is 11.6 Å². The van der Waals surface area contributed by atoms with Crippen molar-refractivity contribution in [3.8, 4) is 0 Å². The average molecular weight is 270 g/mol. The lowest BCUT2D eigenvalue weighted by Gasteiger charge is -2.08. The van der Waals surface area contributed by atoms with Gasteiger partial charge in [-0.1, -0.05) is 17.7 Å². The molecule has 18 heavy (non-hydrogen) atoms. The number of nitrogens with one attached hydrogen (secondary N) is 1. The summed E-state index contributed by atoms with van der Waals surface area (Å²) in [6, 6.07) is 4.92. The lowest BCUT2D eigenvalue weighted by Crippen LogP contribution is -2.04. The molecule has 0 saturated heterocycles. The van der Waals surface area contributed by atoms with Gasteiger partial charge in [0.15, 0.2) is 0 Å². The molecule has 3 N–H and O–H groups in total. The van der Waals surface area contributed by atoms with Crippen LogP contribution in [-0.2, 0) is 6.54 Å². The van der Waals surface area contributed by atoms with Crippen LogP contribution in [0, 0.1) is 11.6 Å². The summed E-state index contributed by atoms with van der Waals surface area (Å²) in [6.07, 6.45) is 1.44. The molecule has 0 fully saturated rings. The fraction of sp³-hybridized carbons (Fsp3) is 0.0833. The Morgan fingerprint density at radius 3 is 2.72 bits per heavy atom. The van der Waals surface area contributed by atoms with Gasteiger partial charge in [0.1, 0.15) is 17.5 Å². The molecular weight excluding hydrogens is 260 g/mol. The van der Waals surface area contributed by atoms with Crippen LogP contribution >= 0.6 is 11.6 Å². The molecule has 0 aliphatic heterocycles. The summed E-state index contributed by atoms with van der Waals surface area (Å²) in [4.78, 5) is 3.98. The molecule has 0 amide bonds. The number of benzene rings is 1. The van der Waals surface area contributed by atoms with Gasteiger partial charge in [0.25, 0.3) is 0 Å². The van der Waals surface area contributed by atoms with E-state index in [1.165, 1.54) is 24.4 Å². The molecule has 0 spiro atoms. The first kappa shape index (κ1) is 12.6. The Morgan fingerprint density at radius 2 is 2.06 bits per heavy atom. The monoisotopic (exact) mass is 269 g/mol. The molecule has 94 valence electrons. The smallest absolute Gasteiger partial charge is 0.145 e. The van der Waals surface area contributed by atoms with E-state index in [4.69, 9.17) is 17.3 Å². The highest BCUT2D eigenvalue weighted by molar-refractivity contribution is 6.33. The van der Waals surface area contributed by atoms with Crippen molar-refractivity contribution < 1.29 is 8.78 Å². The minimum Gasteiger partial charge on any atom is -0.397 e. The van der Waals surface area contributed by atoms with E-state index in [1.54, 1.807) is 0 Å². The first-order chi connectivity index (χ1) is 8.56. The molecule has 3 nitrogen and oxygen atoms in total. The predicted molar refractivity (Wildman–Crippen MR) is 67.3 cm³/mol. The Balaban J connectivity index is 2.11. The highest BCUT2D eigenvalue weighted by atomic mass is 35.5. The van der Waals surface area contributed by atoms with Crippen molar-refractivity contribution in [3.63, 3.8) is 0 Å². The molecule has 0 radical (unpaired) electrons. The Labute approximate surface area is 108 Å². The fourth-order valence-corrected chi connectivity index (χ4v) is 1.67. The zero-order valence-corrected chi connectivity index (χ0v) is 10.0. The van der Waals surface area contributed by atoms with Gasteiger partial charge in [0.05, 0.1) is 16.9 Å². The summed E-state index contributed by atoms with van der Waals surface area (Å²) in [5.74, 6) is -0.830. The molecule has 1 aromatic heterocycles. The van der Waals surface area contributed by atoms with Crippen LogP contribution in [0.3, 0.4) is 0 Å². The Morgan fingerprint density at radius 1 is 1.28 bits per heavy atom. The van der Waals surface area contributed by atoms with Gasteiger partial charge in [-0.05, 0) is 12.1 Å². The maximum Gasteiger partial charge on any atom is 0.145 e. The Bertz CT molecular complexity index is 524. The third-order valence-corrected chi connectivity index (χ3v) is 2.61. The van der Waals surface area contributed by atoms with Gasteiger partial charge >= 0.3 is 0 Å². The summed E-state index contributed by atoms with van der Waals surface area (Å²) in [5, 5.41) is 3.20. The second-order valence-corrected chi connectivity index (χ2v) is 4.10. The number of hydrogen-bond acceptors (Lipinski definition) is 3. The number of halogens is 3. The minimum atomic E-state index is -0.617. The van der Waals surface area contributed by atoms with Crippen LogP contribution in [0.2, 0.25) is 5.02 Å². The SMILES string of the molecule is Nc1cnc(NCc2ccc(F)cc2F)c(Cl)c1. The molecular formula is C12H10ClF2N3. The summed E-state index contributed by atoms with van der Waals surface area (Å²) >= 11 is 5.90. The standard InChI is InChI=1S/C12H10ClF2N3/c13-10-4-9(16)6-18-12(10)17-5-7-1-2-8(14)3-11(7)15/h1-4,6H,5,16H2,(H,17,18). The predicted octanol–water partition coefficient (Wildman–Crippen LogP) is 3.21. The second-order valence-electron chi connectivity index (χ2n) is 3.69. The van der Waals surface area contributed by atoms with Crippen molar-refractivity contribution in [2.75, 3.05) is 11.1 Å². The number of anilines is 2. The van der Waals surface area contributed by atoms with Crippen LogP contribution in [0.25, 0.3) is 0 Å². The normalized spacial score (nSPS) is 10.4. The lowest BCUT2D eigenvalue weighted by molar-refractivity contribution is 0.574. The number of nitrogen functional groups attached to an aromatic ring is 1. The first-order valence-electron chi connectivity index (χ1n) is 5.15. The van der Waals surface area contributed by atoms with Crippen LogP contribution in [-0.4, -0.2) is 4.98 Å². The molecule has 0 saturated carbocycles. The van der Waals surface area contributed by atoms with E-state index in [-0.39, 0.29) is 6.54 Å². The van der Waals surface area contributed by atoms with E-state index in [2.05, 4.69) is 10.3 Å². The number of nitrogens with zero attached hydrogens (tertiary/aromatic N) is 1. The summed E-state index contributed by atoms with van der Waals surface area (Å²) in [6.45, 7) is 0.156. The summed E-state index contributed by atoms with van der Waals surface area (Å²) in [7, 11) is 0. The molecule has 2 rings (SSSR count). The highest BCUT2D eigenvalue weighted by Crippen LogP contribution is 2.22. The molecule has 0 unspecified atom stereocenters. The Kier molecular flexibility index (Phi) is 3.62. The van der Waals surface area contributed by atoms with Crippen molar-refractivity contribution >= 4 is 23.1 Å². The largest absolute Gasteiger partial charge is 0.397 e. The molecule has 6 heteroatoms. The van der Waals surface area contributed by atoms with Crippen molar-refractivity contribution in [2.24, 2.45) is 0 Å². The zero-order chi connectivity index (χ0) is 13.1. The number of rotatable bonds is 3. The third kappa shape index (κ3) is 2.87. The number of nitrogens with two attached hydrogens (primary N) is 1. The average Bonchev–Trinajstić information content (AvgIpc) is 2.30. The summed E-state index contributed by atoms with van der Waals surface area (Å²) in [5.41, 5.74) is 6.27. The molecule has 2 aromatic rings. The van der Waals surface area contributed by atoms with Gasteiger partial charge in [-0.3, -0.25) is 0 Å². The van der Waals surface area contributed by atoms with E-state index in [1.807, 2.05) is 0 Å². The summed E-state index contributed by atoms with van der Waals surface area (Å²) < 4.78 is 26.1. The molecule has 1 aromatic carbocycles. The molecule has 0 aliphatic rings. The topological polar surface area (TPSA) is 50.9 Å². The van der Waals surface area contributed by atoms with Gasteiger partial charge in [-0.2, -0.15) is 0 Å². The van der Waals surface area contributed by atoms with Crippen LogP contribution in [0.4, 0.5) is 20.3 Å². The second kappa shape index (κ2) is 5.18. The zero-order valence-electron chi connectivity index (χ0n) is 9.25. The van der Waals surface area contributed by atoms with E-state index in [9.17, 15) is 8.78 Å². The minimum absolute atomic E-state index is 0.156. The number of hydrogen-bond donors (Lipinski definition) is 2. The van der Waals surface area contributed by atoms with Crippen LogP contribution in [0.5, 0.6) is 0 Å². The molecule has 0 bridgehead atoms. The number of aromatic nitrogens is 1. The fourth-order valence-electron chi connectivity index (χ4n) is 1.43. The van der Waals surface area contributed by atoms with Crippen molar-refractivity contribution in [2.45, 2.75) is 6.54 Å². The third-order valence-electron chi connectivity index (χ3n) is 2.32. The van der Waals surface area contributed by atoms with Crippen molar-refractivity contribution in [1.82, 2.24) is 4.98 Å². The maximum atomic E-state index is 13.4. The van der Waals surface area contributed by atoms with Crippen molar-refractivity contribution in [1.29, 1.82) is 0 Å². The quantitative estimate of drug-likeness (QED) is 0.900. The van der Waals surface area contributed by atoms with Gasteiger partial charge < -0.3 is 11.1 Å². The number of pyridine rings is 1. The lowest BCUT2D eigenvalue weighted by atomic mass is 10.2. The van der Waals surface area contributed by atoms with Crippen LogP contribution in [0.15, 0.2) is 30.5 Å². The van der Waals surface area contributed by atoms with Gasteiger partial charge in [0, 0.05) is 18.2 Å². The van der Waals surface area contributed by atoms with E-state index >= 15 is 0 Å². The van der Waals surface area contributed by atoms with Gasteiger partial charge in [-0.25, -0.2) is 13.8 Å². The van der Waals surface area contributed by atoms with Crippen LogP contribution in [0.1, 0.15) is 5.56 Å². The van der Waals surface area contributed by atoms with Gasteiger partial charge in [0.2, 0.25) is 0 Å². The molecule has 0 aliphatic carbocycles. The maximum absolute atomic E-state index is 13.4. The van der Waals surface area contributed by atoms with Gasteiger partial charge in [-0.15, -0.1) is 0 Å². The Hall–Kier alpha value is -1.88. The highest BCUT2D eigenvalue weighted by Gasteiger charge is 2.06. The molecule has 0 atom stereocenters.